The molecule has 0 bridgehead atoms. The molecule has 10 heavy (non-hydrogen) atoms. The quantitative estimate of drug-likeness (QED) is 0.661. The molecule has 1 aliphatic heterocycles. The maximum atomic E-state index is 5.17. The molecule has 0 saturated carbocycles. The van der Waals surface area contributed by atoms with Crippen molar-refractivity contribution in [3.63, 3.8) is 0 Å². The smallest absolute Gasteiger partial charge is 0.107 e. The van der Waals surface area contributed by atoms with Crippen molar-refractivity contribution in [2.75, 3.05) is 6.61 Å². The van der Waals surface area contributed by atoms with Crippen molar-refractivity contribution in [3.8, 4) is 0 Å². The zero-order chi connectivity index (χ0) is 7.14. The summed E-state index contributed by atoms with van der Waals surface area (Å²) < 4.78 is 6.38. The van der Waals surface area contributed by atoms with Crippen LogP contribution in [0.1, 0.15) is 16.5 Å². The third kappa shape index (κ3) is 1.13. The van der Waals surface area contributed by atoms with E-state index < -0.39 is 0 Å². The Bertz CT molecular complexity index is 252. The standard InChI is InChI=1S/C7H7BrOS/c1-4-5(6-3-9-6)2-7(8)10-4/h2,6H,3H2,1H3/t6-/m0/s1. The highest BCUT2D eigenvalue weighted by atomic mass is 79.9. The van der Waals surface area contributed by atoms with Gasteiger partial charge >= 0.3 is 0 Å². The predicted molar refractivity (Wildman–Crippen MR) is 45.4 cm³/mol. The van der Waals surface area contributed by atoms with E-state index in [2.05, 4.69) is 28.9 Å². The highest BCUT2D eigenvalue weighted by Crippen LogP contribution is 2.38. The average Bonchev–Trinajstić information content (AvgIpc) is 2.61. The van der Waals surface area contributed by atoms with Gasteiger partial charge in [0, 0.05) is 4.88 Å². The number of hydrogen-bond acceptors (Lipinski definition) is 2. The third-order valence-corrected chi connectivity index (χ3v) is 3.18. The molecule has 3 heteroatoms. The minimum atomic E-state index is 0.405. The van der Waals surface area contributed by atoms with Gasteiger partial charge in [-0.3, -0.25) is 0 Å². The molecule has 1 saturated heterocycles. The summed E-state index contributed by atoms with van der Waals surface area (Å²) in [6.07, 6.45) is 0.405. The van der Waals surface area contributed by atoms with Crippen LogP contribution in [0.2, 0.25) is 0 Å². The van der Waals surface area contributed by atoms with E-state index >= 15 is 0 Å². The summed E-state index contributed by atoms with van der Waals surface area (Å²) in [5, 5.41) is 0. The molecule has 54 valence electrons. The highest BCUT2D eigenvalue weighted by molar-refractivity contribution is 9.11. The molecule has 1 nitrogen and oxygen atoms in total. The lowest BCUT2D eigenvalue weighted by molar-refractivity contribution is 0.415. The minimum Gasteiger partial charge on any atom is -0.368 e. The van der Waals surface area contributed by atoms with E-state index in [4.69, 9.17) is 4.74 Å². The molecule has 1 aliphatic rings. The Balaban J connectivity index is 2.38. The Labute approximate surface area is 72.1 Å². The lowest BCUT2D eigenvalue weighted by Gasteiger charge is -1.87. The lowest BCUT2D eigenvalue weighted by Crippen LogP contribution is -1.76. The average molecular weight is 219 g/mol. The Morgan fingerprint density at radius 2 is 2.50 bits per heavy atom. The van der Waals surface area contributed by atoms with Gasteiger partial charge in [-0.1, -0.05) is 0 Å². The number of halogens is 1. The molecule has 2 heterocycles. The van der Waals surface area contributed by atoms with Crippen LogP contribution in [0, 0.1) is 6.92 Å². The van der Waals surface area contributed by atoms with Crippen LogP contribution in [0.5, 0.6) is 0 Å². The van der Waals surface area contributed by atoms with Gasteiger partial charge in [-0.25, -0.2) is 0 Å². The van der Waals surface area contributed by atoms with Crippen LogP contribution in [0.25, 0.3) is 0 Å². The van der Waals surface area contributed by atoms with Crippen molar-refractivity contribution in [1.29, 1.82) is 0 Å². The third-order valence-electron chi connectivity index (χ3n) is 1.61. The molecule has 0 amide bonds. The van der Waals surface area contributed by atoms with Gasteiger partial charge < -0.3 is 4.74 Å². The van der Waals surface area contributed by atoms with Crippen molar-refractivity contribution in [3.05, 3.63) is 20.3 Å². The van der Waals surface area contributed by atoms with Gasteiger partial charge in [0.15, 0.2) is 0 Å². The molecule has 0 N–H and O–H groups in total. The van der Waals surface area contributed by atoms with Gasteiger partial charge in [0.1, 0.15) is 6.10 Å². The molecule has 1 aromatic heterocycles. The predicted octanol–water partition coefficient (Wildman–Crippen LogP) is 2.89. The summed E-state index contributed by atoms with van der Waals surface area (Å²) in [6.45, 7) is 3.04. The van der Waals surface area contributed by atoms with Gasteiger partial charge in [0.2, 0.25) is 0 Å². The van der Waals surface area contributed by atoms with Crippen molar-refractivity contribution in [2.45, 2.75) is 13.0 Å². The maximum absolute atomic E-state index is 5.17. The minimum absolute atomic E-state index is 0.405. The Morgan fingerprint density at radius 3 is 2.90 bits per heavy atom. The zero-order valence-corrected chi connectivity index (χ0v) is 7.96. The van der Waals surface area contributed by atoms with Gasteiger partial charge in [-0.2, -0.15) is 0 Å². The first-order valence-electron chi connectivity index (χ1n) is 3.15. The van der Waals surface area contributed by atoms with Crippen LogP contribution in [-0.2, 0) is 4.74 Å². The van der Waals surface area contributed by atoms with Crippen LogP contribution < -0.4 is 0 Å². The fraction of sp³-hybridized carbons (Fsp3) is 0.429. The Morgan fingerprint density at radius 1 is 1.80 bits per heavy atom. The van der Waals surface area contributed by atoms with Crippen LogP contribution in [0.4, 0.5) is 0 Å². The molecule has 2 rings (SSSR count). The summed E-state index contributed by atoms with van der Waals surface area (Å²) in [4.78, 5) is 1.37. The van der Waals surface area contributed by atoms with E-state index in [9.17, 15) is 0 Å². The molecule has 0 aliphatic carbocycles. The lowest BCUT2D eigenvalue weighted by atomic mass is 10.2. The Hall–Kier alpha value is 0.140. The van der Waals surface area contributed by atoms with E-state index in [1.165, 1.54) is 14.2 Å². The van der Waals surface area contributed by atoms with Gasteiger partial charge in [0.05, 0.1) is 10.4 Å². The summed E-state index contributed by atoms with van der Waals surface area (Å²) in [5.41, 5.74) is 1.36. The first-order valence-corrected chi connectivity index (χ1v) is 4.76. The number of thiophene rings is 1. The SMILES string of the molecule is Cc1sc(Br)cc1[C@@H]1CO1. The largest absolute Gasteiger partial charge is 0.368 e. The van der Waals surface area contributed by atoms with E-state index in [1.807, 2.05) is 0 Å². The summed E-state index contributed by atoms with van der Waals surface area (Å²) in [6, 6.07) is 2.15. The molecule has 1 fully saturated rings. The zero-order valence-electron chi connectivity index (χ0n) is 5.56. The van der Waals surface area contributed by atoms with Crippen LogP contribution in [0.3, 0.4) is 0 Å². The van der Waals surface area contributed by atoms with Crippen LogP contribution >= 0.6 is 27.3 Å². The summed E-state index contributed by atoms with van der Waals surface area (Å²) in [7, 11) is 0. The second-order valence-electron chi connectivity index (χ2n) is 2.38. The van der Waals surface area contributed by atoms with Gasteiger partial charge in [-0.05, 0) is 34.5 Å². The molecule has 0 unspecified atom stereocenters. The number of hydrogen-bond donors (Lipinski definition) is 0. The number of aryl methyl sites for hydroxylation is 1. The van der Waals surface area contributed by atoms with Crippen LogP contribution in [0.15, 0.2) is 9.85 Å². The van der Waals surface area contributed by atoms with E-state index in [-0.39, 0.29) is 0 Å². The molecular formula is C7H7BrOS. The van der Waals surface area contributed by atoms with E-state index in [1.54, 1.807) is 11.3 Å². The maximum Gasteiger partial charge on any atom is 0.107 e. The van der Waals surface area contributed by atoms with Crippen molar-refractivity contribution < 1.29 is 4.74 Å². The summed E-state index contributed by atoms with van der Waals surface area (Å²) in [5.74, 6) is 0. The molecule has 0 aromatic carbocycles. The fourth-order valence-electron chi connectivity index (χ4n) is 1.01. The van der Waals surface area contributed by atoms with E-state index in [0.29, 0.717) is 6.10 Å². The van der Waals surface area contributed by atoms with Crippen molar-refractivity contribution in [2.24, 2.45) is 0 Å². The monoisotopic (exact) mass is 218 g/mol. The van der Waals surface area contributed by atoms with Crippen molar-refractivity contribution >= 4 is 27.3 Å². The van der Waals surface area contributed by atoms with Crippen LogP contribution in [-0.4, -0.2) is 6.61 Å². The molecule has 0 spiro atoms. The molecule has 1 aromatic rings. The molecular weight excluding hydrogens is 212 g/mol. The number of ether oxygens (including phenoxy) is 1. The highest BCUT2D eigenvalue weighted by Gasteiger charge is 2.27. The number of rotatable bonds is 1. The number of epoxide rings is 1. The second-order valence-corrected chi connectivity index (χ2v) is 5.02. The first kappa shape index (κ1) is 6.83. The van der Waals surface area contributed by atoms with Gasteiger partial charge in [-0.15, -0.1) is 11.3 Å². The normalized spacial score (nSPS) is 23.2. The fourth-order valence-corrected chi connectivity index (χ4v) is 2.77. The first-order chi connectivity index (χ1) is 4.77. The second kappa shape index (κ2) is 2.32. The molecule has 1 atom stereocenters. The topological polar surface area (TPSA) is 12.5 Å². The summed E-state index contributed by atoms with van der Waals surface area (Å²) >= 11 is 5.22. The van der Waals surface area contributed by atoms with Crippen molar-refractivity contribution in [1.82, 2.24) is 0 Å². The molecule has 0 radical (unpaired) electrons. The van der Waals surface area contributed by atoms with E-state index in [0.717, 1.165) is 6.61 Å². The van der Waals surface area contributed by atoms with Gasteiger partial charge in [0.25, 0.3) is 0 Å². The Kier molecular flexibility index (Phi) is 1.59.